The maximum atomic E-state index is 13.8. The summed E-state index contributed by atoms with van der Waals surface area (Å²) in [4.78, 5) is 11.6. The van der Waals surface area contributed by atoms with Crippen LogP contribution in [0.15, 0.2) is 48.7 Å². The first-order valence-electron chi connectivity index (χ1n) is 9.16. The van der Waals surface area contributed by atoms with Crippen LogP contribution in [0.25, 0.3) is 22.4 Å². The predicted octanol–water partition coefficient (Wildman–Crippen LogP) is 4.07. The van der Waals surface area contributed by atoms with E-state index < -0.39 is 17.6 Å². The molecule has 30 heavy (non-hydrogen) atoms. The molecule has 0 unspecified atom stereocenters. The number of nitrogens with zero attached hydrogens (tertiary/aromatic N) is 2. The monoisotopic (exact) mass is 418 g/mol. The van der Waals surface area contributed by atoms with Gasteiger partial charge in [-0.2, -0.15) is 18.3 Å². The number of aryl methyl sites for hydroxylation is 1. The lowest BCUT2D eigenvalue weighted by atomic mass is 9.94. The number of aromatic nitrogens is 2. The average molecular weight is 418 g/mol. The molecule has 3 rings (SSSR count). The second-order valence-corrected chi connectivity index (χ2v) is 6.60. The molecule has 0 atom stereocenters. The number of halogens is 3. The molecule has 0 aliphatic heterocycles. The molecule has 0 saturated carbocycles. The lowest BCUT2D eigenvalue weighted by Gasteiger charge is -2.19. The number of rotatable bonds is 6. The van der Waals surface area contributed by atoms with E-state index in [0.717, 1.165) is 6.07 Å². The van der Waals surface area contributed by atoms with Crippen LogP contribution < -0.4 is 15.8 Å². The Morgan fingerprint density at radius 2 is 2.00 bits per heavy atom. The van der Waals surface area contributed by atoms with Crippen LogP contribution in [0, 0.1) is 0 Å². The van der Waals surface area contributed by atoms with Crippen molar-refractivity contribution in [3.8, 4) is 28.1 Å². The van der Waals surface area contributed by atoms with Gasteiger partial charge in [-0.15, -0.1) is 0 Å². The van der Waals surface area contributed by atoms with Gasteiger partial charge in [-0.3, -0.25) is 9.48 Å². The largest absolute Gasteiger partial charge is 0.492 e. The fraction of sp³-hybridized carbons (Fsp3) is 0.238. The zero-order valence-electron chi connectivity index (χ0n) is 16.5. The van der Waals surface area contributed by atoms with Crippen molar-refractivity contribution in [2.24, 2.45) is 12.8 Å². The first kappa shape index (κ1) is 21.4. The Kier molecular flexibility index (Phi) is 6.12. The minimum Gasteiger partial charge on any atom is -0.492 e. The van der Waals surface area contributed by atoms with E-state index in [-0.39, 0.29) is 30.0 Å². The van der Waals surface area contributed by atoms with E-state index in [4.69, 9.17) is 10.5 Å². The van der Waals surface area contributed by atoms with Gasteiger partial charge in [0.25, 0.3) is 0 Å². The molecule has 1 heterocycles. The first-order valence-corrected chi connectivity index (χ1v) is 9.16. The zero-order chi connectivity index (χ0) is 21.9. The van der Waals surface area contributed by atoms with Gasteiger partial charge < -0.3 is 15.8 Å². The fourth-order valence-electron chi connectivity index (χ4n) is 3.21. The second kappa shape index (κ2) is 8.58. The molecule has 3 N–H and O–H groups in total. The molecule has 3 aromatic rings. The van der Waals surface area contributed by atoms with Gasteiger partial charge in [0.2, 0.25) is 5.91 Å². The number of benzene rings is 2. The topological polar surface area (TPSA) is 82.2 Å². The number of carbonyl (C=O) groups excluding carboxylic acids is 1. The van der Waals surface area contributed by atoms with Crippen molar-refractivity contribution in [3.05, 3.63) is 54.2 Å². The second-order valence-electron chi connectivity index (χ2n) is 6.60. The predicted molar refractivity (Wildman–Crippen MR) is 108 cm³/mol. The third-order valence-electron chi connectivity index (χ3n) is 4.42. The summed E-state index contributed by atoms with van der Waals surface area (Å²) in [5, 5.41) is 6.62. The summed E-state index contributed by atoms with van der Waals surface area (Å²) in [6, 6.07) is 10.1. The molecule has 9 heteroatoms. The molecule has 1 aromatic heterocycles. The lowest BCUT2D eigenvalue weighted by Crippen LogP contribution is -2.13. The number of carbonyl (C=O) groups is 1. The molecule has 158 valence electrons. The Labute approximate surface area is 171 Å². The number of hydrogen-bond donors (Lipinski definition) is 2. The Balaban J connectivity index is 2.25. The summed E-state index contributed by atoms with van der Waals surface area (Å²) >= 11 is 0. The van der Waals surface area contributed by atoms with Gasteiger partial charge in [0.05, 0.1) is 11.3 Å². The van der Waals surface area contributed by atoms with Gasteiger partial charge >= 0.3 is 6.18 Å². The van der Waals surface area contributed by atoms with E-state index in [2.05, 4.69) is 10.4 Å². The quantitative estimate of drug-likeness (QED) is 0.632. The number of anilines is 1. The van der Waals surface area contributed by atoms with Crippen LogP contribution in [0.1, 0.15) is 12.5 Å². The zero-order valence-corrected chi connectivity index (χ0v) is 16.5. The number of ether oxygens (including phenoxy) is 1. The van der Waals surface area contributed by atoms with Crippen molar-refractivity contribution in [1.82, 2.24) is 9.78 Å². The Morgan fingerprint density at radius 3 is 2.60 bits per heavy atom. The van der Waals surface area contributed by atoms with Crippen LogP contribution in [-0.4, -0.2) is 28.8 Å². The summed E-state index contributed by atoms with van der Waals surface area (Å²) in [5.74, 6) is 0.00342. The molecule has 0 fully saturated rings. The lowest BCUT2D eigenvalue weighted by molar-refractivity contribution is -0.137. The number of nitrogens with two attached hydrogens (primary N) is 1. The van der Waals surface area contributed by atoms with Crippen LogP contribution in [0.4, 0.5) is 18.9 Å². The Bertz CT molecular complexity index is 1060. The number of hydrogen-bond acceptors (Lipinski definition) is 4. The van der Waals surface area contributed by atoms with Gasteiger partial charge in [0, 0.05) is 43.5 Å². The van der Waals surface area contributed by atoms with Crippen LogP contribution in [-0.2, 0) is 18.0 Å². The summed E-state index contributed by atoms with van der Waals surface area (Å²) in [5.41, 5.74) is 6.14. The van der Waals surface area contributed by atoms with Crippen molar-refractivity contribution in [3.63, 3.8) is 0 Å². The fourth-order valence-corrected chi connectivity index (χ4v) is 3.21. The average Bonchev–Trinajstić information content (AvgIpc) is 3.11. The maximum absolute atomic E-state index is 13.8. The van der Waals surface area contributed by atoms with Gasteiger partial charge in [0.1, 0.15) is 12.4 Å². The third-order valence-corrected chi connectivity index (χ3v) is 4.42. The number of amides is 1. The molecule has 2 aromatic carbocycles. The Morgan fingerprint density at radius 1 is 1.23 bits per heavy atom. The SMILES string of the molecule is CC(=O)Nc1cccc(C(F)(F)F)c1-c1ccc(OCCN)c(-c2ccnn2C)c1. The molecule has 0 spiro atoms. The van der Waals surface area contributed by atoms with Gasteiger partial charge in [-0.05, 0) is 35.9 Å². The Hall–Kier alpha value is -3.33. The normalized spacial score (nSPS) is 11.4. The third kappa shape index (κ3) is 4.46. The molecule has 0 radical (unpaired) electrons. The summed E-state index contributed by atoms with van der Waals surface area (Å²) < 4.78 is 48.6. The minimum atomic E-state index is -4.61. The van der Waals surface area contributed by atoms with E-state index >= 15 is 0 Å². The van der Waals surface area contributed by atoms with Gasteiger partial charge in [-0.25, -0.2) is 0 Å². The van der Waals surface area contributed by atoms with Crippen LogP contribution in [0.3, 0.4) is 0 Å². The van der Waals surface area contributed by atoms with E-state index in [9.17, 15) is 18.0 Å². The maximum Gasteiger partial charge on any atom is 0.417 e. The van der Waals surface area contributed by atoms with Gasteiger partial charge in [-0.1, -0.05) is 12.1 Å². The van der Waals surface area contributed by atoms with Crippen molar-refractivity contribution in [2.45, 2.75) is 13.1 Å². The highest BCUT2D eigenvalue weighted by atomic mass is 19.4. The molecule has 0 aliphatic rings. The standard InChI is InChI=1S/C21H21F3N4O2/c1-13(29)27-17-5-3-4-16(21(22,23)24)20(17)14-6-7-19(30-11-9-25)15(12-14)18-8-10-26-28(18)2/h3-8,10,12H,9,11,25H2,1-2H3,(H,27,29). The van der Waals surface area contributed by atoms with E-state index in [1.807, 2.05) is 0 Å². The number of alkyl halides is 3. The van der Waals surface area contributed by atoms with Crippen LogP contribution in [0.2, 0.25) is 0 Å². The van der Waals surface area contributed by atoms with Crippen molar-refractivity contribution in [1.29, 1.82) is 0 Å². The van der Waals surface area contributed by atoms with Crippen LogP contribution in [0.5, 0.6) is 5.75 Å². The van der Waals surface area contributed by atoms with Crippen molar-refractivity contribution >= 4 is 11.6 Å². The smallest absolute Gasteiger partial charge is 0.417 e. The van der Waals surface area contributed by atoms with E-state index in [0.29, 0.717) is 17.0 Å². The first-order chi connectivity index (χ1) is 14.2. The molecule has 6 nitrogen and oxygen atoms in total. The van der Waals surface area contributed by atoms with Gasteiger partial charge in [0.15, 0.2) is 0 Å². The molecule has 0 aliphatic carbocycles. The number of nitrogens with one attached hydrogen (secondary N) is 1. The highest BCUT2D eigenvalue weighted by molar-refractivity contribution is 5.95. The molecule has 1 amide bonds. The van der Waals surface area contributed by atoms with E-state index in [1.54, 1.807) is 36.1 Å². The highest BCUT2D eigenvalue weighted by Crippen LogP contribution is 2.43. The molecular formula is C21H21F3N4O2. The summed E-state index contributed by atoms with van der Waals surface area (Å²) in [7, 11) is 1.72. The molecular weight excluding hydrogens is 397 g/mol. The minimum absolute atomic E-state index is 0.0731. The highest BCUT2D eigenvalue weighted by Gasteiger charge is 2.35. The summed E-state index contributed by atoms with van der Waals surface area (Å²) in [6.07, 6.45) is -3.02. The van der Waals surface area contributed by atoms with Crippen molar-refractivity contribution < 1.29 is 22.7 Å². The summed E-state index contributed by atoms with van der Waals surface area (Å²) in [6.45, 7) is 1.78. The van der Waals surface area contributed by atoms with E-state index in [1.165, 1.54) is 25.1 Å². The van der Waals surface area contributed by atoms with Crippen molar-refractivity contribution in [2.75, 3.05) is 18.5 Å². The molecule has 0 bridgehead atoms. The molecule has 0 saturated heterocycles. The van der Waals surface area contributed by atoms with Crippen LogP contribution >= 0.6 is 0 Å².